The topological polar surface area (TPSA) is 140 Å². The fourth-order valence-corrected chi connectivity index (χ4v) is 3.01. The van der Waals surface area contributed by atoms with Crippen molar-refractivity contribution in [2.45, 2.75) is 6.92 Å². The molecule has 0 aliphatic rings. The molecule has 144 valence electrons. The number of rotatable bonds is 5. The highest BCUT2D eigenvalue weighted by atomic mass is 16.3. The van der Waals surface area contributed by atoms with E-state index in [-0.39, 0.29) is 5.56 Å². The lowest BCUT2D eigenvalue weighted by atomic mass is 10.2. The van der Waals surface area contributed by atoms with Crippen LogP contribution in [0.15, 0.2) is 57.9 Å². The molecule has 0 atom stereocenters. The molecule has 0 saturated heterocycles. The van der Waals surface area contributed by atoms with Crippen LogP contribution in [0.3, 0.4) is 0 Å². The van der Waals surface area contributed by atoms with Gasteiger partial charge in [0.25, 0.3) is 5.56 Å². The highest BCUT2D eigenvalue weighted by molar-refractivity contribution is 5.82. The first kappa shape index (κ1) is 16.8. The summed E-state index contributed by atoms with van der Waals surface area (Å²) in [5, 5.41) is 19.5. The summed E-state index contributed by atoms with van der Waals surface area (Å²) >= 11 is 0. The molecule has 5 N–H and O–H groups in total. The molecule has 5 rings (SSSR count). The third kappa shape index (κ3) is 3.34. The number of H-pyrrole nitrogens is 3. The van der Waals surface area contributed by atoms with Crippen LogP contribution in [-0.2, 0) is 0 Å². The molecule has 5 aromatic rings. The highest BCUT2D eigenvalue weighted by Gasteiger charge is 2.09. The van der Waals surface area contributed by atoms with Crippen molar-refractivity contribution >= 4 is 34.2 Å². The molecular weight excluding hydrogens is 372 g/mol. The molecule has 4 heterocycles. The van der Waals surface area contributed by atoms with E-state index in [4.69, 9.17) is 4.42 Å². The molecule has 10 heteroatoms. The van der Waals surface area contributed by atoms with E-state index in [1.165, 1.54) is 0 Å². The van der Waals surface area contributed by atoms with Crippen LogP contribution < -0.4 is 16.2 Å². The van der Waals surface area contributed by atoms with E-state index in [9.17, 15) is 4.79 Å². The van der Waals surface area contributed by atoms with E-state index >= 15 is 0 Å². The smallest absolute Gasteiger partial charge is 0.271 e. The molecule has 0 unspecified atom stereocenters. The molecule has 4 aromatic heterocycles. The van der Waals surface area contributed by atoms with Gasteiger partial charge in [-0.3, -0.25) is 20.1 Å². The average Bonchev–Trinajstić information content (AvgIpc) is 3.43. The highest BCUT2D eigenvalue weighted by Crippen LogP contribution is 2.23. The maximum Gasteiger partial charge on any atom is 0.271 e. The predicted molar refractivity (Wildman–Crippen MR) is 109 cm³/mol. The summed E-state index contributed by atoms with van der Waals surface area (Å²) in [6, 6.07) is 12.7. The summed E-state index contributed by atoms with van der Waals surface area (Å²) in [4.78, 5) is 20.5. The van der Waals surface area contributed by atoms with Crippen molar-refractivity contribution < 1.29 is 4.42 Å². The van der Waals surface area contributed by atoms with Crippen molar-refractivity contribution in [1.82, 2.24) is 30.4 Å². The van der Waals surface area contributed by atoms with Crippen LogP contribution in [0.5, 0.6) is 0 Å². The Hall–Kier alpha value is -4.34. The number of furan rings is 1. The zero-order valence-electron chi connectivity index (χ0n) is 15.3. The van der Waals surface area contributed by atoms with Gasteiger partial charge in [-0.25, -0.2) is 4.98 Å². The summed E-state index contributed by atoms with van der Waals surface area (Å²) in [7, 11) is 0. The number of nitrogens with zero attached hydrogens (tertiary/aromatic N) is 3. The number of nitrogens with one attached hydrogen (secondary N) is 5. The average molecular weight is 388 g/mol. The number of hydrogen-bond acceptors (Lipinski definition) is 7. The Kier molecular flexibility index (Phi) is 3.87. The maximum atomic E-state index is 11.6. The minimum absolute atomic E-state index is 0.155. The van der Waals surface area contributed by atoms with Crippen LogP contribution in [0.2, 0.25) is 0 Å². The Bertz CT molecular complexity index is 1350. The zero-order chi connectivity index (χ0) is 19.8. The minimum Gasteiger partial charge on any atom is -0.463 e. The second-order valence-corrected chi connectivity index (χ2v) is 6.45. The van der Waals surface area contributed by atoms with Gasteiger partial charge in [0.15, 0.2) is 11.6 Å². The van der Waals surface area contributed by atoms with Gasteiger partial charge >= 0.3 is 0 Å². The van der Waals surface area contributed by atoms with E-state index in [1.54, 1.807) is 18.4 Å². The van der Waals surface area contributed by atoms with E-state index < -0.39 is 0 Å². The molecule has 0 bridgehead atoms. The summed E-state index contributed by atoms with van der Waals surface area (Å²) in [6.45, 7) is 1.88. The first-order chi connectivity index (χ1) is 14.1. The largest absolute Gasteiger partial charge is 0.463 e. The SMILES string of the molecule is Cc1cc(Nc2cc(-c3ccco3)[nH]n2)nc(Nc2ccc3c(=O)[nH][nH]c3c2)n1. The van der Waals surface area contributed by atoms with Gasteiger partial charge in [0, 0.05) is 23.5 Å². The molecule has 0 amide bonds. The lowest BCUT2D eigenvalue weighted by molar-refractivity contribution is 0.580. The molecule has 0 radical (unpaired) electrons. The molecule has 0 aliphatic heterocycles. The van der Waals surface area contributed by atoms with Crippen molar-refractivity contribution in [1.29, 1.82) is 0 Å². The Labute approximate surface area is 163 Å². The minimum atomic E-state index is -0.155. The van der Waals surface area contributed by atoms with Crippen molar-refractivity contribution in [3.63, 3.8) is 0 Å². The van der Waals surface area contributed by atoms with Crippen LogP contribution in [-0.4, -0.2) is 30.4 Å². The summed E-state index contributed by atoms with van der Waals surface area (Å²) in [5.41, 5.74) is 2.84. The van der Waals surface area contributed by atoms with Gasteiger partial charge in [0.2, 0.25) is 5.95 Å². The molecule has 29 heavy (non-hydrogen) atoms. The second kappa shape index (κ2) is 6.68. The van der Waals surface area contributed by atoms with Crippen LogP contribution in [0.1, 0.15) is 5.69 Å². The molecule has 0 fully saturated rings. The zero-order valence-corrected chi connectivity index (χ0v) is 15.3. The number of aryl methyl sites for hydroxylation is 1. The summed E-state index contributed by atoms with van der Waals surface area (Å²) < 4.78 is 5.36. The maximum absolute atomic E-state index is 11.6. The number of aromatic nitrogens is 6. The fourth-order valence-electron chi connectivity index (χ4n) is 3.01. The van der Waals surface area contributed by atoms with Crippen LogP contribution in [0.25, 0.3) is 22.4 Å². The normalized spacial score (nSPS) is 11.1. The predicted octanol–water partition coefficient (Wildman–Crippen LogP) is 3.42. The van der Waals surface area contributed by atoms with E-state index in [2.05, 4.69) is 41.0 Å². The molecule has 0 aliphatic carbocycles. The van der Waals surface area contributed by atoms with Gasteiger partial charge in [0.05, 0.1) is 17.2 Å². The Balaban J connectivity index is 1.38. The quantitative estimate of drug-likeness (QED) is 0.311. The van der Waals surface area contributed by atoms with E-state index in [0.717, 1.165) is 17.1 Å². The third-order valence-corrected chi connectivity index (χ3v) is 4.31. The number of hydrogen-bond donors (Lipinski definition) is 5. The lowest BCUT2D eigenvalue weighted by Gasteiger charge is -2.08. The summed E-state index contributed by atoms with van der Waals surface area (Å²) in [6.07, 6.45) is 1.61. The van der Waals surface area contributed by atoms with E-state index in [0.29, 0.717) is 34.2 Å². The summed E-state index contributed by atoms with van der Waals surface area (Å²) in [5.74, 6) is 2.32. The van der Waals surface area contributed by atoms with Crippen molar-refractivity contribution in [3.8, 4) is 11.5 Å². The van der Waals surface area contributed by atoms with Crippen LogP contribution in [0, 0.1) is 6.92 Å². The standard InChI is InChI=1S/C19H16N8O2/c1-10-7-16(22-17-9-14(25-26-17)15-3-2-6-29-15)23-19(20-10)21-11-4-5-12-13(8-11)24-27-18(12)28/h2-9H,1H3,(H2,24,27,28)(H3,20,21,22,23,25,26). The van der Waals surface area contributed by atoms with Crippen LogP contribution >= 0.6 is 0 Å². The number of anilines is 4. The van der Waals surface area contributed by atoms with Crippen molar-refractivity contribution in [2.75, 3.05) is 10.6 Å². The fraction of sp³-hybridized carbons (Fsp3) is 0.0526. The van der Waals surface area contributed by atoms with Gasteiger partial charge in [-0.15, -0.1) is 0 Å². The van der Waals surface area contributed by atoms with Crippen molar-refractivity contribution in [2.24, 2.45) is 0 Å². The Morgan fingerprint density at radius 2 is 1.93 bits per heavy atom. The monoisotopic (exact) mass is 388 g/mol. The Morgan fingerprint density at radius 3 is 2.79 bits per heavy atom. The first-order valence-corrected chi connectivity index (χ1v) is 8.83. The molecule has 1 aromatic carbocycles. The van der Waals surface area contributed by atoms with Crippen molar-refractivity contribution in [3.05, 3.63) is 64.8 Å². The van der Waals surface area contributed by atoms with E-state index in [1.807, 2.05) is 37.3 Å². The van der Waals surface area contributed by atoms with Gasteiger partial charge in [0.1, 0.15) is 11.5 Å². The van der Waals surface area contributed by atoms with Gasteiger partial charge < -0.3 is 15.1 Å². The lowest BCUT2D eigenvalue weighted by Crippen LogP contribution is -2.02. The van der Waals surface area contributed by atoms with Gasteiger partial charge in [-0.2, -0.15) is 10.1 Å². The first-order valence-electron chi connectivity index (χ1n) is 8.83. The number of benzene rings is 1. The molecular formula is C19H16N8O2. The Morgan fingerprint density at radius 1 is 1.00 bits per heavy atom. The molecule has 10 nitrogen and oxygen atoms in total. The van der Waals surface area contributed by atoms with Gasteiger partial charge in [-0.1, -0.05) is 0 Å². The molecule has 0 saturated carbocycles. The number of fused-ring (bicyclic) bond motifs is 1. The second-order valence-electron chi connectivity index (χ2n) is 6.45. The van der Waals surface area contributed by atoms with Gasteiger partial charge in [-0.05, 0) is 37.3 Å². The third-order valence-electron chi connectivity index (χ3n) is 4.31. The van der Waals surface area contributed by atoms with Crippen LogP contribution in [0.4, 0.5) is 23.3 Å². The molecule has 0 spiro atoms. The number of aromatic amines is 3.